The van der Waals surface area contributed by atoms with Crippen LogP contribution in [0.5, 0.6) is 5.75 Å². The molecule has 1 fully saturated rings. The molecule has 1 saturated heterocycles. The topological polar surface area (TPSA) is 75.7 Å². The number of aryl methyl sites for hydroxylation is 1. The lowest BCUT2D eigenvalue weighted by atomic mass is 10.1. The van der Waals surface area contributed by atoms with E-state index in [1.54, 1.807) is 42.5 Å². The summed E-state index contributed by atoms with van der Waals surface area (Å²) in [5.41, 5.74) is 2.25. The van der Waals surface area contributed by atoms with Crippen molar-refractivity contribution in [2.75, 3.05) is 4.90 Å². The van der Waals surface area contributed by atoms with E-state index in [1.807, 2.05) is 19.1 Å². The van der Waals surface area contributed by atoms with E-state index in [4.69, 9.17) is 16.3 Å². The number of barbiturate groups is 1. The van der Waals surface area contributed by atoms with Crippen LogP contribution in [0.2, 0.25) is 5.02 Å². The zero-order valence-electron chi connectivity index (χ0n) is 18.2. The van der Waals surface area contributed by atoms with Crippen LogP contribution < -0.4 is 15.0 Å². The fourth-order valence-electron chi connectivity index (χ4n) is 3.43. The van der Waals surface area contributed by atoms with Crippen molar-refractivity contribution >= 4 is 41.2 Å². The summed E-state index contributed by atoms with van der Waals surface area (Å²) in [5, 5.41) is 2.57. The van der Waals surface area contributed by atoms with Crippen molar-refractivity contribution in [2.24, 2.45) is 0 Å². The van der Waals surface area contributed by atoms with Crippen LogP contribution in [0.15, 0.2) is 72.3 Å². The number of benzene rings is 3. The summed E-state index contributed by atoms with van der Waals surface area (Å²) in [6.45, 7) is 2.13. The molecule has 1 aliphatic heterocycles. The monoisotopic (exact) mass is 478 g/mol. The fraction of sp³-hybridized carbons (Fsp3) is 0.115. The van der Waals surface area contributed by atoms with Crippen LogP contribution in [0, 0.1) is 5.82 Å². The lowest BCUT2D eigenvalue weighted by Gasteiger charge is -2.26. The van der Waals surface area contributed by atoms with E-state index in [9.17, 15) is 18.8 Å². The van der Waals surface area contributed by atoms with E-state index < -0.39 is 17.8 Å². The Balaban J connectivity index is 1.65. The van der Waals surface area contributed by atoms with Crippen LogP contribution in [0.3, 0.4) is 0 Å². The Bertz CT molecular complexity index is 1290. The molecular weight excluding hydrogens is 459 g/mol. The van der Waals surface area contributed by atoms with E-state index in [0.29, 0.717) is 22.0 Å². The largest absolute Gasteiger partial charge is 0.488 e. The fourth-order valence-corrected chi connectivity index (χ4v) is 3.61. The average molecular weight is 479 g/mol. The minimum absolute atomic E-state index is 0.132. The highest BCUT2D eigenvalue weighted by Gasteiger charge is 2.37. The van der Waals surface area contributed by atoms with Crippen molar-refractivity contribution in [3.05, 3.63) is 99.8 Å². The van der Waals surface area contributed by atoms with Gasteiger partial charge in [0.1, 0.15) is 23.7 Å². The van der Waals surface area contributed by atoms with Crippen LogP contribution in [-0.2, 0) is 22.6 Å². The molecule has 0 atom stereocenters. The van der Waals surface area contributed by atoms with E-state index in [0.717, 1.165) is 22.4 Å². The van der Waals surface area contributed by atoms with Gasteiger partial charge in [0.2, 0.25) is 0 Å². The number of halogens is 2. The maximum absolute atomic E-state index is 13.2. The number of nitrogens with one attached hydrogen (secondary N) is 1. The smallest absolute Gasteiger partial charge is 0.335 e. The Labute approximate surface area is 200 Å². The molecule has 4 rings (SSSR count). The molecule has 1 aliphatic rings. The van der Waals surface area contributed by atoms with Gasteiger partial charge >= 0.3 is 6.03 Å². The number of rotatable bonds is 6. The van der Waals surface area contributed by atoms with Crippen molar-refractivity contribution in [2.45, 2.75) is 20.0 Å². The second-order valence-electron chi connectivity index (χ2n) is 7.58. The maximum atomic E-state index is 13.2. The zero-order chi connectivity index (χ0) is 24.2. The van der Waals surface area contributed by atoms with Gasteiger partial charge in [-0.1, -0.05) is 42.8 Å². The molecule has 0 bridgehead atoms. The molecule has 0 aliphatic carbocycles. The molecule has 3 aromatic carbocycles. The van der Waals surface area contributed by atoms with Crippen molar-refractivity contribution in [1.82, 2.24) is 5.32 Å². The van der Waals surface area contributed by atoms with Crippen molar-refractivity contribution < 1.29 is 23.5 Å². The van der Waals surface area contributed by atoms with Crippen molar-refractivity contribution in [3.63, 3.8) is 0 Å². The third kappa shape index (κ3) is 5.00. The van der Waals surface area contributed by atoms with Crippen LogP contribution >= 0.6 is 11.6 Å². The molecule has 1 N–H and O–H groups in total. The van der Waals surface area contributed by atoms with Gasteiger partial charge in [-0.3, -0.25) is 14.9 Å². The Morgan fingerprint density at radius 1 is 0.971 bits per heavy atom. The van der Waals surface area contributed by atoms with Crippen LogP contribution in [0.4, 0.5) is 14.9 Å². The quantitative estimate of drug-likeness (QED) is 0.386. The Morgan fingerprint density at radius 3 is 2.32 bits per heavy atom. The summed E-state index contributed by atoms with van der Waals surface area (Å²) in [4.78, 5) is 39.1. The van der Waals surface area contributed by atoms with E-state index in [2.05, 4.69) is 5.32 Å². The molecule has 8 heteroatoms. The molecule has 1 heterocycles. The summed E-state index contributed by atoms with van der Waals surface area (Å²) in [6, 6.07) is 16.7. The van der Waals surface area contributed by atoms with E-state index >= 15 is 0 Å². The highest BCUT2D eigenvalue weighted by molar-refractivity contribution is 6.39. The number of amides is 4. The number of ether oxygens (including phenoxy) is 1. The van der Waals surface area contributed by atoms with Gasteiger partial charge in [-0.15, -0.1) is 0 Å². The average Bonchev–Trinajstić information content (AvgIpc) is 2.82. The summed E-state index contributed by atoms with van der Waals surface area (Å²) in [6.07, 6.45) is 2.14. The SMILES string of the molecule is CCc1ccc(N2C(=O)NC(=O)/C(=C\c3cc(Cl)ccc3OCc3ccc(F)cc3)C2=O)cc1. The Hall–Kier alpha value is -3.97. The minimum Gasteiger partial charge on any atom is -0.488 e. The number of nitrogens with zero attached hydrogens (tertiary/aromatic N) is 1. The van der Waals surface area contributed by atoms with Gasteiger partial charge in [-0.2, -0.15) is 0 Å². The van der Waals surface area contributed by atoms with Crippen molar-refractivity contribution in [3.8, 4) is 5.75 Å². The molecular formula is C26H20ClFN2O4. The highest BCUT2D eigenvalue weighted by Crippen LogP contribution is 2.28. The first-order chi connectivity index (χ1) is 16.4. The summed E-state index contributed by atoms with van der Waals surface area (Å²) in [5.74, 6) is -1.58. The van der Waals surface area contributed by atoms with Gasteiger partial charge in [-0.25, -0.2) is 14.1 Å². The summed E-state index contributed by atoms with van der Waals surface area (Å²) >= 11 is 6.14. The second kappa shape index (κ2) is 9.89. The first-order valence-corrected chi connectivity index (χ1v) is 10.9. The van der Waals surface area contributed by atoms with Gasteiger partial charge in [0, 0.05) is 10.6 Å². The van der Waals surface area contributed by atoms with Crippen LogP contribution in [0.1, 0.15) is 23.6 Å². The highest BCUT2D eigenvalue weighted by atomic mass is 35.5. The number of hydrogen-bond donors (Lipinski definition) is 1. The van der Waals surface area contributed by atoms with Crippen molar-refractivity contribution in [1.29, 1.82) is 0 Å². The van der Waals surface area contributed by atoms with Gasteiger partial charge in [0.05, 0.1) is 5.69 Å². The third-order valence-corrected chi connectivity index (χ3v) is 5.52. The van der Waals surface area contributed by atoms with Gasteiger partial charge < -0.3 is 4.74 Å². The lowest BCUT2D eigenvalue weighted by Crippen LogP contribution is -2.54. The predicted molar refractivity (Wildman–Crippen MR) is 127 cm³/mol. The molecule has 34 heavy (non-hydrogen) atoms. The normalized spacial score (nSPS) is 15.0. The zero-order valence-corrected chi connectivity index (χ0v) is 18.9. The number of carbonyl (C=O) groups is 3. The Kier molecular flexibility index (Phi) is 6.75. The van der Waals surface area contributed by atoms with Gasteiger partial charge in [0.15, 0.2) is 0 Å². The molecule has 0 aromatic heterocycles. The lowest BCUT2D eigenvalue weighted by molar-refractivity contribution is -0.122. The first-order valence-electron chi connectivity index (χ1n) is 10.5. The number of carbonyl (C=O) groups excluding carboxylic acids is 3. The molecule has 6 nitrogen and oxygen atoms in total. The maximum Gasteiger partial charge on any atom is 0.335 e. The molecule has 0 radical (unpaired) electrons. The molecule has 3 aromatic rings. The standard InChI is InChI=1S/C26H20ClFN2O4/c1-2-16-5-10-21(11-6-16)30-25(32)22(24(31)29-26(30)33)14-18-13-19(27)7-12-23(18)34-15-17-3-8-20(28)9-4-17/h3-14H,2,15H2,1H3,(H,29,31,33)/b22-14+. The first kappa shape index (κ1) is 23.2. The Morgan fingerprint density at radius 2 is 1.65 bits per heavy atom. The number of anilines is 1. The minimum atomic E-state index is -0.824. The number of urea groups is 1. The van der Waals surface area contributed by atoms with Gasteiger partial charge in [-0.05, 0) is 66.1 Å². The molecule has 0 spiro atoms. The molecule has 0 saturated carbocycles. The number of hydrogen-bond acceptors (Lipinski definition) is 4. The molecule has 0 unspecified atom stereocenters. The third-order valence-electron chi connectivity index (χ3n) is 5.28. The summed E-state index contributed by atoms with van der Waals surface area (Å²) in [7, 11) is 0. The van der Waals surface area contributed by atoms with Crippen LogP contribution in [-0.4, -0.2) is 17.8 Å². The molecule has 4 amide bonds. The predicted octanol–water partition coefficient (Wildman–Crippen LogP) is 5.29. The van der Waals surface area contributed by atoms with E-state index in [-0.39, 0.29) is 18.0 Å². The van der Waals surface area contributed by atoms with Gasteiger partial charge in [0.25, 0.3) is 11.8 Å². The summed E-state index contributed by atoms with van der Waals surface area (Å²) < 4.78 is 19.0. The number of imide groups is 2. The molecule has 172 valence electrons. The van der Waals surface area contributed by atoms with Crippen LogP contribution in [0.25, 0.3) is 6.08 Å². The second-order valence-corrected chi connectivity index (χ2v) is 8.01. The van der Waals surface area contributed by atoms with E-state index in [1.165, 1.54) is 18.2 Å².